The van der Waals surface area contributed by atoms with Crippen LogP contribution in [0.1, 0.15) is 26.3 Å². The number of hydrogen-bond acceptors (Lipinski definition) is 3. The van der Waals surface area contributed by atoms with Crippen LogP contribution < -0.4 is 5.32 Å². The minimum absolute atomic E-state index is 0.0438. The van der Waals surface area contributed by atoms with Gasteiger partial charge in [0.2, 0.25) is 5.91 Å². The summed E-state index contributed by atoms with van der Waals surface area (Å²) in [4.78, 5) is 33.0. The molecule has 2 rings (SSSR count). The smallest absolute Gasteiger partial charge is 0.335 e. The van der Waals surface area contributed by atoms with E-state index in [1.807, 2.05) is 0 Å². The van der Waals surface area contributed by atoms with Crippen LogP contribution in [0.2, 0.25) is 0 Å². The van der Waals surface area contributed by atoms with E-state index >= 15 is 0 Å². The van der Waals surface area contributed by atoms with Gasteiger partial charge in [0.25, 0.3) is 5.91 Å². The van der Waals surface area contributed by atoms with E-state index in [1.54, 1.807) is 0 Å². The van der Waals surface area contributed by atoms with E-state index in [-0.39, 0.29) is 12.0 Å². The van der Waals surface area contributed by atoms with Crippen LogP contribution in [0.5, 0.6) is 0 Å². The Labute approximate surface area is 84.7 Å². The van der Waals surface area contributed by atoms with Crippen LogP contribution in [0.4, 0.5) is 0 Å². The lowest BCUT2D eigenvalue weighted by Crippen LogP contribution is -2.37. The highest BCUT2D eigenvalue weighted by Crippen LogP contribution is 2.16. The molecule has 0 spiro atoms. The zero-order valence-corrected chi connectivity index (χ0v) is 7.61. The first-order valence-electron chi connectivity index (χ1n) is 4.28. The fraction of sp³-hybridized carbons (Fsp3) is 0.100. The molecule has 1 heterocycles. The summed E-state index contributed by atoms with van der Waals surface area (Å²) in [6.45, 7) is 0. The maximum Gasteiger partial charge on any atom is 0.335 e. The van der Waals surface area contributed by atoms with Crippen molar-refractivity contribution in [1.82, 2.24) is 5.32 Å². The molecule has 5 heteroatoms. The van der Waals surface area contributed by atoms with Gasteiger partial charge in [-0.25, -0.2) is 4.79 Å². The molecule has 2 amide bonds. The predicted molar refractivity (Wildman–Crippen MR) is 49.6 cm³/mol. The van der Waals surface area contributed by atoms with Gasteiger partial charge in [0.15, 0.2) is 0 Å². The summed E-state index contributed by atoms with van der Waals surface area (Å²) < 4.78 is 0. The first kappa shape index (κ1) is 9.39. The maximum atomic E-state index is 11.3. The van der Waals surface area contributed by atoms with E-state index in [1.165, 1.54) is 18.2 Å². The molecule has 5 nitrogen and oxygen atoms in total. The zero-order valence-electron chi connectivity index (χ0n) is 7.61. The summed E-state index contributed by atoms with van der Waals surface area (Å²) in [6, 6.07) is 4.12. The fourth-order valence-corrected chi connectivity index (χ4v) is 1.51. The number of carbonyl (C=O) groups excluding carboxylic acids is 2. The predicted octanol–water partition coefficient (Wildman–Crippen LogP) is 0.197. The van der Waals surface area contributed by atoms with Crippen molar-refractivity contribution < 1.29 is 19.5 Å². The van der Waals surface area contributed by atoms with E-state index in [9.17, 15) is 14.4 Å². The largest absolute Gasteiger partial charge is 0.478 e. The van der Waals surface area contributed by atoms with Crippen LogP contribution in [-0.4, -0.2) is 22.9 Å². The average molecular weight is 205 g/mol. The monoisotopic (exact) mass is 205 g/mol. The van der Waals surface area contributed by atoms with Crippen LogP contribution in [0, 0.1) is 0 Å². The van der Waals surface area contributed by atoms with Crippen LogP contribution in [0.15, 0.2) is 18.2 Å². The minimum Gasteiger partial charge on any atom is -0.478 e. The molecular formula is C10H7NO4. The van der Waals surface area contributed by atoms with Crippen molar-refractivity contribution >= 4 is 17.8 Å². The number of aromatic carboxylic acids is 1. The Bertz CT molecular complexity index is 478. The van der Waals surface area contributed by atoms with Gasteiger partial charge in [0.05, 0.1) is 12.0 Å². The molecule has 0 radical (unpaired) electrons. The standard InChI is InChI=1S/C10H7NO4/c12-8-4-6-3-5(10(14)15)1-2-7(6)9(13)11-8/h1-3H,4H2,(H,14,15)(H,11,12,13). The summed E-state index contributed by atoms with van der Waals surface area (Å²) in [6.07, 6.45) is 0.0438. The molecule has 1 aliphatic rings. The summed E-state index contributed by atoms with van der Waals surface area (Å²) >= 11 is 0. The normalized spacial score (nSPS) is 14.4. The number of benzene rings is 1. The number of hydrogen-bond donors (Lipinski definition) is 2. The SMILES string of the molecule is O=C1Cc2cc(C(=O)O)ccc2C(=O)N1. The zero-order chi connectivity index (χ0) is 11.0. The van der Waals surface area contributed by atoms with Crippen LogP contribution in [-0.2, 0) is 11.2 Å². The molecule has 0 saturated heterocycles. The van der Waals surface area contributed by atoms with Gasteiger partial charge >= 0.3 is 5.97 Å². The highest BCUT2D eigenvalue weighted by molar-refractivity contribution is 6.10. The van der Waals surface area contributed by atoms with Gasteiger partial charge in [-0.05, 0) is 23.8 Å². The third kappa shape index (κ3) is 1.59. The van der Waals surface area contributed by atoms with E-state index in [4.69, 9.17) is 5.11 Å². The average Bonchev–Trinajstić information content (AvgIpc) is 2.16. The Hall–Kier alpha value is -2.17. The summed E-state index contributed by atoms with van der Waals surface area (Å²) in [7, 11) is 0. The molecule has 15 heavy (non-hydrogen) atoms. The Morgan fingerprint density at radius 3 is 2.73 bits per heavy atom. The maximum absolute atomic E-state index is 11.3. The molecule has 1 aromatic carbocycles. The second kappa shape index (κ2) is 3.20. The van der Waals surface area contributed by atoms with Gasteiger partial charge in [-0.3, -0.25) is 14.9 Å². The topological polar surface area (TPSA) is 83.5 Å². The molecule has 1 aromatic rings. The van der Waals surface area contributed by atoms with Crippen LogP contribution >= 0.6 is 0 Å². The molecule has 0 bridgehead atoms. The third-order valence-corrected chi connectivity index (χ3v) is 2.20. The van der Waals surface area contributed by atoms with Gasteiger partial charge in [-0.2, -0.15) is 0 Å². The van der Waals surface area contributed by atoms with Gasteiger partial charge in [-0.1, -0.05) is 0 Å². The molecular weight excluding hydrogens is 198 g/mol. The molecule has 0 aromatic heterocycles. The minimum atomic E-state index is -1.07. The first-order valence-corrected chi connectivity index (χ1v) is 4.28. The number of carbonyl (C=O) groups is 3. The van der Waals surface area contributed by atoms with E-state index in [0.717, 1.165) is 0 Å². The molecule has 2 N–H and O–H groups in total. The number of fused-ring (bicyclic) bond motifs is 1. The second-order valence-corrected chi connectivity index (χ2v) is 3.23. The van der Waals surface area contributed by atoms with Crippen molar-refractivity contribution in [3.63, 3.8) is 0 Å². The number of imide groups is 1. The molecule has 1 aliphatic heterocycles. The number of rotatable bonds is 1. The van der Waals surface area contributed by atoms with Crippen LogP contribution in [0.3, 0.4) is 0 Å². The van der Waals surface area contributed by atoms with E-state index < -0.39 is 17.8 Å². The lowest BCUT2D eigenvalue weighted by Gasteiger charge is -2.15. The highest BCUT2D eigenvalue weighted by atomic mass is 16.4. The van der Waals surface area contributed by atoms with Gasteiger partial charge < -0.3 is 5.11 Å². The molecule has 0 saturated carbocycles. The second-order valence-electron chi connectivity index (χ2n) is 3.23. The van der Waals surface area contributed by atoms with Crippen molar-refractivity contribution in [2.24, 2.45) is 0 Å². The number of nitrogens with one attached hydrogen (secondary N) is 1. The van der Waals surface area contributed by atoms with Gasteiger partial charge in [0, 0.05) is 5.56 Å². The molecule has 76 valence electrons. The fourth-order valence-electron chi connectivity index (χ4n) is 1.51. The summed E-state index contributed by atoms with van der Waals surface area (Å²) in [5.74, 6) is -1.95. The van der Waals surface area contributed by atoms with Gasteiger partial charge in [0.1, 0.15) is 0 Å². The lowest BCUT2D eigenvalue weighted by molar-refractivity contribution is -0.119. The van der Waals surface area contributed by atoms with E-state index in [2.05, 4.69) is 5.32 Å². The number of carboxylic acid groups (broad SMARTS) is 1. The third-order valence-electron chi connectivity index (χ3n) is 2.20. The van der Waals surface area contributed by atoms with Gasteiger partial charge in [-0.15, -0.1) is 0 Å². The quantitative estimate of drug-likeness (QED) is 0.641. The van der Waals surface area contributed by atoms with Crippen molar-refractivity contribution in [3.05, 3.63) is 34.9 Å². The number of amides is 2. The Kier molecular flexibility index (Phi) is 2.00. The Morgan fingerprint density at radius 1 is 1.33 bits per heavy atom. The summed E-state index contributed by atoms with van der Waals surface area (Å²) in [5.41, 5.74) is 0.902. The highest BCUT2D eigenvalue weighted by Gasteiger charge is 2.22. The molecule has 0 aliphatic carbocycles. The first-order chi connectivity index (χ1) is 7.08. The Balaban J connectivity index is 2.52. The van der Waals surface area contributed by atoms with Crippen LogP contribution in [0.25, 0.3) is 0 Å². The van der Waals surface area contributed by atoms with Crippen molar-refractivity contribution in [2.75, 3.05) is 0 Å². The summed E-state index contributed by atoms with van der Waals surface area (Å²) in [5, 5.41) is 10.9. The molecule has 0 atom stereocenters. The lowest BCUT2D eigenvalue weighted by atomic mass is 9.97. The van der Waals surface area contributed by atoms with E-state index in [0.29, 0.717) is 11.1 Å². The van der Waals surface area contributed by atoms with Crippen molar-refractivity contribution in [1.29, 1.82) is 0 Å². The van der Waals surface area contributed by atoms with Crippen molar-refractivity contribution in [2.45, 2.75) is 6.42 Å². The van der Waals surface area contributed by atoms with Crippen molar-refractivity contribution in [3.8, 4) is 0 Å². The molecule has 0 fully saturated rings. The number of carboxylic acids is 1. The Morgan fingerprint density at radius 2 is 2.07 bits per heavy atom. The molecule has 0 unspecified atom stereocenters.